The Morgan fingerprint density at radius 2 is 2.00 bits per heavy atom. The predicted molar refractivity (Wildman–Crippen MR) is 82.9 cm³/mol. The number of benzene rings is 1. The summed E-state index contributed by atoms with van der Waals surface area (Å²) in [6, 6.07) is 4.08. The first-order valence-corrected chi connectivity index (χ1v) is 8.05. The molecule has 2 aliphatic rings. The highest BCUT2D eigenvalue weighted by Gasteiger charge is 2.40. The number of rotatable bonds is 4. The number of hydrogen-bond donors (Lipinski definition) is 0. The van der Waals surface area contributed by atoms with Crippen LogP contribution in [-0.2, 0) is 10.3 Å². The lowest BCUT2D eigenvalue weighted by Crippen LogP contribution is -2.32. The number of aliphatic imine (C=N–C) groups is 1. The molecule has 1 aromatic rings. The van der Waals surface area contributed by atoms with Crippen molar-refractivity contribution >= 4 is 17.7 Å². The van der Waals surface area contributed by atoms with E-state index in [2.05, 4.69) is 11.1 Å². The van der Waals surface area contributed by atoms with Crippen LogP contribution in [0.4, 0.5) is 0 Å². The number of methoxy groups -OCH3 is 1. The number of isocyanates is 1. The largest absolute Gasteiger partial charge is 0.495 e. The topological polar surface area (TPSA) is 38.7 Å². The van der Waals surface area contributed by atoms with Gasteiger partial charge in [0.15, 0.2) is 0 Å². The molecule has 21 heavy (non-hydrogen) atoms. The molecule has 2 aliphatic carbocycles. The van der Waals surface area contributed by atoms with Gasteiger partial charge in [0.25, 0.3) is 0 Å². The van der Waals surface area contributed by atoms with Gasteiger partial charge in [-0.25, -0.2) is 4.79 Å². The molecule has 3 nitrogen and oxygen atoms in total. The number of hydrogen-bond acceptors (Lipinski definition) is 3. The summed E-state index contributed by atoms with van der Waals surface area (Å²) in [5.41, 5.74) is 1.83. The minimum atomic E-state index is -0.398. The van der Waals surface area contributed by atoms with E-state index in [1.807, 2.05) is 6.07 Å². The molecular formula is C17H20ClNO2. The van der Waals surface area contributed by atoms with Crippen molar-refractivity contribution in [3.8, 4) is 5.75 Å². The molecule has 0 atom stereocenters. The van der Waals surface area contributed by atoms with Gasteiger partial charge in [0.05, 0.1) is 17.7 Å². The maximum absolute atomic E-state index is 10.8. The number of nitrogens with zero attached hydrogens (tertiary/aromatic N) is 1. The highest BCUT2D eigenvalue weighted by Crippen LogP contribution is 2.49. The Balaban J connectivity index is 2.08. The molecule has 112 valence electrons. The van der Waals surface area contributed by atoms with Gasteiger partial charge in [-0.2, -0.15) is 4.99 Å². The zero-order chi connectivity index (χ0) is 14.9. The van der Waals surface area contributed by atoms with Gasteiger partial charge >= 0.3 is 0 Å². The molecule has 1 aromatic carbocycles. The van der Waals surface area contributed by atoms with Crippen LogP contribution in [0.1, 0.15) is 62.0 Å². The van der Waals surface area contributed by atoms with Gasteiger partial charge in [0.1, 0.15) is 5.75 Å². The van der Waals surface area contributed by atoms with Crippen LogP contribution in [0, 0.1) is 0 Å². The third-order valence-corrected chi connectivity index (χ3v) is 5.33. The minimum absolute atomic E-state index is 0.398. The van der Waals surface area contributed by atoms with Crippen molar-refractivity contribution in [1.82, 2.24) is 0 Å². The molecule has 2 fully saturated rings. The van der Waals surface area contributed by atoms with Crippen molar-refractivity contribution < 1.29 is 9.53 Å². The molecule has 0 saturated heterocycles. The second kappa shape index (κ2) is 5.82. The van der Waals surface area contributed by atoms with Gasteiger partial charge in [0.2, 0.25) is 6.08 Å². The molecule has 0 radical (unpaired) electrons. The van der Waals surface area contributed by atoms with Crippen LogP contribution in [0.15, 0.2) is 17.1 Å². The van der Waals surface area contributed by atoms with Gasteiger partial charge in [-0.1, -0.05) is 24.4 Å². The molecule has 0 spiro atoms. The summed E-state index contributed by atoms with van der Waals surface area (Å²) in [6.45, 7) is 0. The lowest BCUT2D eigenvalue weighted by atomic mass is 9.71. The summed E-state index contributed by atoms with van der Waals surface area (Å²) >= 11 is 6.44. The zero-order valence-corrected chi connectivity index (χ0v) is 13.1. The molecule has 0 bridgehead atoms. The van der Waals surface area contributed by atoms with Gasteiger partial charge in [-0.3, -0.25) is 0 Å². The monoisotopic (exact) mass is 305 g/mol. The summed E-state index contributed by atoms with van der Waals surface area (Å²) in [5.74, 6) is 1.30. The minimum Gasteiger partial charge on any atom is -0.495 e. The molecule has 0 N–H and O–H groups in total. The van der Waals surface area contributed by atoms with Crippen LogP contribution in [0.25, 0.3) is 0 Å². The van der Waals surface area contributed by atoms with Gasteiger partial charge in [0, 0.05) is 0 Å². The van der Waals surface area contributed by atoms with Crippen molar-refractivity contribution in [1.29, 1.82) is 0 Å². The molecule has 0 unspecified atom stereocenters. The zero-order valence-electron chi connectivity index (χ0n) is 12.3. The van der Waals surface area contributed by atoms with Crippen LogP contribution in [-0.4, -0.2) is 13.2 Å². The van der Waals surface area contributed by atoms with E-state index in [0.717, 1.165) is 30.6 Å². The average Bonchev–Trinajstić information content (AvgIpc) is 2.96. The second-order valence-electron chi connectivity index (χ2n) is 6.15. The lowest BCUT2D eigenvalue weighted by Gasteiger charge is -2.38. The number of halogens is 1. The van der Waals surface area contributed by atoms with E-state index in [0.29, 0.717) is 10.9 Å². The van der Waals surface area contributed by atoms with Crippen LogP contribution in [0.3, 0.4) is 0 Å². The van der Waals surface area contributed by atoms with E-state index >= 15 is 0 Å². The van der Waals surface area contributed by atoms with Crippen molar-refractivity contribution in [3.63, 3.8) is 0 Å². The van der Waals surface area contributed by atoms with E-state index in [1.54, 1.807) is 13.2 Å². The summed E-state index contributed by atoms with van der Waals surface area (Å²) in [6.07, 6.45) is 9.51. The predicted octanol–water partition coefficient (Wildman–Crippen LogP) is 4.72. The standard InChI is InChI=1S/C17H20ClNO2/c1-21-16-14(12-5-2-3-6-12)9-13(10-15(16)18)17(19-11-20)7-4-8-17/h9-10,12H,2-8H2,1H3. The Morgan fingerprint density at radius 1 is 1.29 bits per heavy atom. The highest BCUT2D eigenvalue weighted by atomic mass is 35.5. The third-order valence-electron chi connectivity index (χ3n) is 5.05. The smallest absolute Gasteiger partial charge is 0.235 e. The highest BCUT2D eigenvalue weighted by molar-refractivity contribution is 6.32. The van der Waals surface area contributed by atoms with Gasteiger partial charge < -0.3 is 4.74 Å². The molecule has 4 heteroatoms. The fourth-order valence-corrected chi connectivity index (χ4v) is 4.01. The van der Waals surface area contributed by atoms with Crippen LogP contribution in [0.2, 0.25) is 5.02 Å². The molecule has 3 rings (SSSR count). The van der Waals surface area contributed by atoms with Crippen molar-refractivity contribution in [2.45, 2.75) is 56.4 Å². The molecule has 0 aromatic heterocycles. The van der Waals surface area contributed by atoms with Gasteiger partial charge in [-0.05, 0) is 61.3 Å². The number of carbonyl (C=O) groups excluding carboxylic acids is 1. The average molecular weight is 306 g/mol. The molecular weight excluding hydrogens is 286 g/mol. The molecule has 0 aliphatic heterocycles. The summed E-state index contributed by atoms with van der Waals surface area (Å²) in [5, 5.41) is 0.629. The quantitative estimate of drug-likeness (QED) is 0.596. The summed E-state index contributed by atoms with van der Waals surface area (Å²) in [4.78, 5) is 14.9. The Kier molecular flexibility index (Phi) is 4.05. The van der Waals surface area contributed by atoms with Crippen molar-refractivity contribution in [3.05, 3.63) is 28.3 Å². The molecule has 0 heterocycles. The molecule has 0 amide bonds. The van der Waals surface area contributed by atoms with E-state index in [-0.39, 0.29) is 0 Å². The Bertz CT molecular complexity index is 583. The Hall–Kier alpha value is -1.31. The van der Waals surface area contributed by atoms with E-state index in [9.17, 15) is 4.79 Å². The van der Waals surface area contributed by atoms with E-state index < -0.39 is 5.54 Å². The van der Waals surface area contributed by atoms with Crippen LogP contribution < -0.4 is 4.74 Å². The van der Waals surface area contributed by atoms with E-state index in [1.165, 1.54) is 31.2 Å². The third kappa shape index (κ3) is 2.49. The first kappa shape index (κ1) is 14.6. The van der Waals surface area contributed by atoms with Crippen molar-refractivity contribution in [2.75, 3.05) is 7.11 Å². The fraction of sp³-hybridized carbons (Fsp3) is 0.588. The van der Waals surface area contributed by atoms with Crippen LogP contribution in [0.5, 0.6) is 5.75 Å². The normalized spacial score (nSPS) is 20.7. The van der Waals surface area contributed by atoms with Gasteiger partial charge in [-0.15, -0.1) is 0 Å². The Labute approximate surface area is 130 Å². The first-order chi connectivity index (χ1) is 10.2. The summed E-state index contributed by atoms with van der Waals surface area (Å²) < 4.78 is 5.53. The maximum Gasteiger partial charge on any atom is 0.235 e. The first-order valence-electron chi connectivity index (χ1n) is 7.67. The number of ether oxygens (including phenoxy) is 1. The van der Waals surface area contributed by atoms with E-state index in [4.69, 9.17) is 16.3 Å². The lowest BCUT2D eigenvalue weighted by molar-refractivity contribution is 0.255. The van der Waals surface area contributed by atoms with Crippen LogP contribution >= 0.6 is 11.6 Å². The second-order valence-corrected chi connectivity index (χ2v) is 6.56. The SMILES string of the molecule is COc1c(Cl)cc(C2(N=C=O)CCC2)cc1C1CCCC1. The fourth-order valence-electron chi connectivity index (χ4n) is 3.70. The molecule has 2 saturated carbocycles. The Morgan fingerprint density at radius 3 is 2.52 bits per heavy atom. The van der Waals surface area contributed by atoms with Crippen molar-refractivity contribution in [2.24, 2.45) is 4.99 Å². The maximum atomic E-state index is 10.8. The summed E-state index contributed by atoms with van der Waals surface area (Å²) in [7, 11) is 1.67.